The van der Waals surface area contributed by atoms with Gasteiger partial charge in [-0.1, -0.05) is 73.8 Å². The van der Waals surface area contributed by atoms with Gasteiger partial charge in [-0.2, -0.15) is 0 Å². The molecule has 0 radical (unpaired) electrons. The summed E-state index contributed by atoms with van der Waals surface area (Å²) in [4.78, 5) is 45.3. The number of hydrogen-bond acceptors (Lipinski definition) is 6. The summed E-state index contributed by atoms with van der Waals surface area (Å²) in [6, 6.07) is 13.3. The van der Waals surface area contributed by atoms with Crippen molar-refractivity contribution in [3.8, 4) is 0 Å². The zero-order chi connectivity index (χ0) is 25.7. The van der Waals surface area contributed by atoms with Gasteiger partial charge in [0.25, 0.3) is 0 Å². The fourth-order valence-corrected chi connectivity index (χ4v) is 2.94. The van der Waals surface area contributed by atoms with E-state index in [1.165, 1.54) is 18.2 Å². The lowest BCUT2D eigenvalue weighted by molar-refractivity contribution is -0.157. The molecule has 0 amide bonds. The first kappa shape index (κ1) is 27.8. The van der Waals surface area contributed by atoms with Crippen LogP contribution in [0.2, 0.25) is 0 Å². The first-order chi connectivity index (χ1) is 16.2. The van der Waals surface area contributed by atoms with Crippen molar-refractivity contribution >= 4 is 36.0 Å². The van der Waals surface area contributed by atoms with Gasteiger partial charge in [0, 0.05) is 0 Å². The molecule has 0 unspecified atom stereocenters. The van der Waals surface area contributed by atoms with Gasteiger partial charge < -0.3 is 19.7 Å². The maximum atomic E-state index is 11.9. The fraction of sp³-hybridized carbons (Fsp3) is 0.231. The SMILES string of the molecule is C=Cc1cccc(C(C(=O)O)C(=O)O)c1.C=Cc1cccc(C(C(=O)OCC)C(=O)OCC)c1. The summed E-state index contributed by atoms with van der Waals surface area (Å²) in [5.41, 5.74) is 2.32. The molecule has 8 heteroatoms. The zero-order valence-corrected chi connectivity index (χ0v) is 19.1. The minimum Gasteiger partial charge on any atom is -0.480 e. The third-order valence-electron chi connectivity index (χ3n) is 4.50. The number of esters is 2. The standard InChI is InChI=1S/C15H18O4.C11H10O4/c1-4-11-8-7-9-12(10-11)13(14(16)18-5-2)15(17)19-6-3;1-2-7-4-3-5-8(6-7)9(10(12)13)11(14)15/h4,7-10,13H,1,5-6H2,2-3H3;2-6,9H,1H2,(H,12,13)(H,14,15). The van der Waals surface area contributed by atoms with E-state index in [4.69, 9.17) is 19.7 Å². The minimum absolute atomic E-state index is 0.218. The predicted molar refractivity (Wildman–Crippen MR) is 127 cm³/mol. The second kappa shape index (κ2) is 14.1. The molecule has 0 spiro atoms. The highest BCUT2D eigenvalue weighted by Crippen LogP contribution is 2.21. The molecule has 34 heavy (non-hydrogen) atoms. The molecule has 0 saturated carbocycles. The Bertz CT molecular complexity index is 1010. The first-order valence-corrected chi connectivity index (χ1v) is 10.4. The Hall–Kier alpha value is -4.20. The number of carboxylic acids is 2. The summed E-state index contributed by atoms with van der Waals surface area (Å²) >= 11 is 0. The van der Waals surface area contributed by atoms with Crippen LogP contribution in [-0.4, -0.2) is 47.3 Å². The van der Waals surface area contributed by atoms with Crippen LogP contribution in [0.15, 0.2) is 61.7 Å². The molecule has 2 aromatic carbocycles. The molecule has 0 saturated heterocycles. The van der Waals surface area contributed by atoms with Crippen LogP contribution >= 0.6 is 0 Å². The topological polar surface area (TPSA) is 127 Å². The smallest absolute Gasteiger partial charge is 0.324 e. The van der Waals surface area contributed by atoms with Crippen LogP contribution in [0.4, 0.5) is 0 Å². The lowest BCUT2D eigenvalue weighted by atomic mass is 9.97. The van der Waals surface area contributed by atoms with Crippen LogP contribution in [0.3, 0.4) is 0 Å². The summed E-state index contributed by atoms with van der Waals surface area (Å²) in [6.07, 6.45) is 3.18. The van der Waals surface area contributed by atoms with Crippen molar-refractivity contribution in [2.24, 2.45) is 0 Å². The number of ether oxygens (including phenoxy) is 2. The third kappa shape index (κ3) is 8.05. The molecule has 0 aliphatic heterocycles. The zero-order valence-electron chi connectivity index (χ0n) is 19.1. The Labute approximate surface area is 198 Å². The highest BCUT2D eigenvalue weighted by Gasteiger charge is 2.31. The number of rotatable bonds is 10. The molecular weight excluding hydrogens is 440 g/mol. The fourth-order valence-electron chi connectivity index (χ4n) is 2.94. The van der Waals surface area contributed by atoms with E-state index in [-0.39, 0.29) is 18.8 Å². The molecule has 8 nitrogen and oxygen atoms in total. The number of aliphatic carboxylic acids is 2. The Morgan fingerprint density at radius 2 is 1.15 bits per heavy atom. The van der Waals surface area contributed by atoms with Gasteiger partial charge in [0.15, 0.2) is 11.8 Å². The van der Waals surface area contributed by atoms with E-state index >= 15 is 0 Å². The Morgan fingerprint density at radius 3 is 1.47 bits per heavy atom. The van der Waals surface area contributed by atoms with Gasteiger partial charge in [0.1, 0.15) is 0 Å². The molecule has 180 valence electrons. The van der Waals surface area contributed by atoms with Gasteiger partial charge in [-0.3, -0.25) is 19.2 Å². The average molecular weight is 469 g/mol. The molecule has 0 atom stereocenters. The van der Waals surface area contributed by atoms with Crippen LogP contribution in [0, 0.1) is 0 Å². The van der Waals surface area contributed by atoms with Crippen LogP contribution in [0.25, 0.3) is 12.2 Å². The molecule has 0 aromatic heterocycles. The number of carbonyl (C=O) groups is 4. The molecule has 0 aliphatic carbocycles. The van der Waals surface area contributed by atoms with E-state index in [0.717, 1.165) is 5.56 Å². The summed E-state index contributed by atoms with van der Waals surface area (Å²) in [5.74, 6) is -6.50. The summed E-state index contributed by atoms with van der Waals surface area (Å²) in [7, 11) is 0. The summed E-state index contributed by atoms with van der Waals surface area (Å²) in [6.45, 7) is 11.0. The third-order valence-corrected chi connectivity index (χ3v) is 4.50. The van der Waals surface area contributed by atoms with Gasteiger partial charge in [0.05, 0.1) is 13.2 Å². The molecular formula is C26H28O8. The van der Waals surface area contributed by atoms with E-state index in [9.17, 15) is 19.2 Å². The van der Waals surface area contributed by atoms with Crippen LogP contribution in [-0.2, 0) is 28.7 Å². The largest absolute Gasteiger partial charge is 0.480 e. The van der Waals surface area contributed by atoms with E-state index < -0.39 is 35.7 Å². The van der Waals surface area contributed by atoms with Crippen LogP contribution < -0.4 is 0 Å². The van der Waals surface area contributed by atoms with Crippen molar-refractivity contribution < 1.29 is 38.9 Å². The number of carbonyl (C=O) groups excluding carboxylic acids is 2. The maximum Gasteiger partial charge on any atom is 0.324 e. The van der Waals surface area contributed by atoms with E-state index in [0.29, 0.717) is 11.1 Å². The van der Waals surface area contributed by atoms with Crippen LogP contribution in [0.1, 0.15) is 47.9 Å². The second-order valence-corrected chi connectivity index (χ2v) is 6.80. The summed E-state index contributed by atoms with van der Waals surface area (Å²) in [5, 5.41) is 17.5. The molecule has 0 fully saturated rings. The molecule has 2 aromatic rings. The van der Waals surface area contributed by atoms with Crippen LogP contribution in [0.5, 0.6) is 0 Å². The monoisotopic (exact) mass is 468 g/mol. The van der Waals surface area contributed by atoms with E-state index in [2.05, 4.69) is 13.2 Å². The second-order valence-electron chi connectivity index (χ2n) is 6.80. The van der Waals surface area contributed by atoms with Crippen molar-refractivity contribution in [1.29, 1.82) is 0 Å². The number of benzene rings is 2. The highest BCUT2D eigenvalue weighted by atomic mass is 16.6. The van der Waals surface area contributed by atoms with Gasteiger partial charge in [-0.15, -0.1) is 0 Å². The molecule has 0 bridgehead atoms. The quantitative estimate of drug-likeness (QED) is 0.394. The molecule has 0 aliphatic rings. The lowest BCUT2D eigenvalue weighted by Gasteiger charge is -2.15. The Morgan fingerprint density at radius 1 is 0.765 bits per heavy atom. The normalized spacial score (nSPS) is 10.0. The first-order valence-electron chi connectivity index (χ1n) is 10.4. The van der Waals surface area contributed by atoms with Crippen molar-refractivity contribution in [1.82, 2.24) is 0 Å². The van der Waals surface area contributed by atoms with Crippen molar-refractivity contribution in [3.05, 3.63) is 83.9 Å². The highest BCUT2D eigenvalue weighted by molar-refractivity contribution is 6.01. The van der Waals surface area contributed by atoms with E-state index in [1.54, 1.807) is 50.3 Å². The molecule has 2 rings (SSSR count). The minimum atomic E-state index is -1.52. The molecule has 0 heterocycles. The van der Waals surface area contributed by atoms with Gasteiger partial charge in [-0.05, 0) is 36.1 Å². The predicted octanol–water partition coefficient (Wildman–Crippen LogP) is 4.12. The number of carboxylic acid groups (broad SMARTS) is 2. The van der Waals surface area contributed by atoms with Gasteiger partial charge >= 0.3 is 23.9 Å². The van der Waals surface area contributed by atoms with Crippen molar-refractivity contribution in [2.45, 2.75) is 25.7 Å². The van der Waals surface area contributed by atoms with Crippen molar-refractivity contribution in [2.75, 3.05) is 13.2 Å². The van der Waals surface area contributed by atoms with Gasteiger partial charge in [0.2, 0.25) is 0 Å². The van der Waals surface area contributed by atoms with Crippen molar-refractivity contribution in [3.63, 3.8) is 0 Å². The Kier molecular flexibility index (Phi) is 11.5. The lowest BCUT2D eigenvalue weighted by Crippen LogP contribution is -2.26. The summed E-state index contributed by atoms with van der Waals surface area (Å²) < 4.78 is 9.87. The maximum absolute atomic E-state index is 11.9. The Balaban J connectivity index is 0.000000350. The number of hydrogen-bond donors (Lipinski definition) is 2. The van der Waals surface area contributed by atoms with Gasteiger partial charge in [-0.25, -0.2) is 0 Å². The average Bonchev–Trinajstić information content (AvgIpc) is 2.80. The molecule has 2 N–H and O–H groups in total. The van der Waals surface area contributed by atoms with E-state index in [1.807, 2.05) is 6.07 Å².